The molecule has 2 aromatic heterocycles. The van der Waals surface area contributed by atoms with Gasteiger partial charge in [0.25, 0.3) is 5.69 Å². The van der Waals surface area contributed by atoms with E-state index in [0.717, 1.165) is 10.2 Å². The minimum Gasteiger partial charge on any atom is -0.258 e. The molecule has 0 amide bonds. The summed E-state index contributed by atoms with van der Waals surface area (Å²) in [6.45, 7) is 0. The third-order valence-electron chi connectivity index (χ3n) is 2.53. The van der Waals surface area contributed by atoms with Gasteiger partial charge in [0.15, 0.2) is 0 Å². The van der Waals surface area contributed by atoms with Crippen LogP contribution in [0, 0.1) is 10.1 Å². The van der Waals surface area contributed by atoms with Crippen molar-refractivity contribution in [3.05, 3.63) is 51.1 Å². The van der Waals surface area contributed by atoms with Gasteiger partial charge in [-0.1, -0.05) is 23.9 Å². The lowest BCUT2D eigenvalue weighted by Crippen LogP contribution is -1.91. The zero-order valence-electron chi connectivity index (χ0n) is 9.82. The molecule has 0 aliphatic rings. The van der Waals surface area contributed by atoms with Gasteiger partial charge in [-0.2, -0.15) is 0 Å². The fourth-order valence-corrected chi connectivity index (χ4v) is 3.79. The highest BCUT2D eigenvalue weighted by molar-refractivity contribution is 7.99. The van der Waals surface area contributed by atoms with Gasteiger partial charge in [-0.15, -0.1) is 11.3 Å². The molecule has 3 aromatic rings. The largest absolute Gasteiger partial charge is 0.283 e. The lowest BCUT2D eigenvalue weighted by atomic mass is 10.3. The Bertz CT molecular complexity index is 806. The molecule has 0 bridgehead atoms. The van der Waals surface area contributed by atoms with Gasteiger partial charge in [0.05, 0.1) is 9.82 Å². The van der Waals surface area contributed by atoms with E-state index in [4.69, 9.17) is 11.6 Å². The third-order valence-corrected chi connectivity index (χ3v) is 4.58. The molecule has 0 saturated carbocycles. The van der Waals surface area contributed by atoms with Crippen LogP contribution in [0.3, 0.4) is 0 Å². The molecule has 0 fully saturated rings. The number of para-hydroxylation sites is 1. The molecular weight excluding hydrogens is 318 g/mol. The third kappa shape index (κ3) is 2.47. The fraction of sp³-hybridized carbons (Fsp3) is 0. The normalized spacial score (nSPS) is 10.8. The van der Waals surface area contributed by atoms with Gasteiger partial charge < -0.3 is 0 Å². The maximum absolute atomic E-state index is 11.0. The van der Waals surface area contributed by atoms with E-state index in [1.54, 1.807) is 18.2 Å². The summed E-state index contributed by atoms with van der Waals surface area (Å²) in [5, 5.41) is 14.5. The van der Waals surface area contributed by atoms with Gasteiger partial charge in [0, 0.05) is 11.5 Å². The van der Waals surface area contributed by atoms with Gasteiger partial charge in [0.1, 0.15) is 9.86 Å². The zero-order chi connectivity index (χ0) is 14.1. The second kappa shape index (κ2) is 5.35. The first-order valence-electron chi connectivity index (χ1n) is 5.47. The number of nitrogens with zero attached hydrogens (tertiary/aromatic N) is 3. The first-order valence-corrected chi connectivity index (χ1v) is 7.54. The van der Waals surface area contributed by atoms with Crippen molar-refractivity contribution in [2.45, 2.75) is 9.92 Å². The van der Waals surface area contributed by atoms with Gasteiger partial charge in [-0.05, 0) is 29.1 Å². The molecule has 0 unspecified atom stereocenters. The van der Waals surface area contributed by atoms with Crippen molar-refractivity contribution in [2.75, 3.05) is 0 Å². The Morgan fingerprint density at radius 3 is 2.85 bits per heavy atom. The Hall–Kier alpha value is -1.70. The molecule has 0 aliphatic carbocycles. The average molecular weight is 324 g/mol. The molecule has 5 nitrogen and oxygen atoms in total. The Balaban J connectivity index is 2.10. The van der Waals surface area contributed by atoms with Crippen LogP contribution in [0.15, 0.2) is 45.6 Å². The second-order valence-corrected chi connectivity index (χ2v) is 6.03. The topological polar surface area (TPSA) is 68.9 Å². The van der Waals surface area contributed by atoms with Crippen LogP contribution >= 0.6 is 34.7 Å². The summed E-state index contributed by atoms with van der Waals surface area (Å²) >= 11 is 8.56. The van der Waals surface area contributed by atoms with E-state index in [9.17, 15) is 10.1 Å². The number of halogens is 1. The quantitative estimate of drug-likeness (QED) is 0.309. The van der Waals surface area contributed by atoms with E-state index in [0.29, 0.717) is 9.92 Å². The highest BCUT2D eigenvalue weighted by Gasteiger charge is 2.16. The number of benzene rings is 1. The minimum atomic E-state index is -0.407. The highest BCUT2D eigenvalue weighted by Crippen LogP contribution is 2.38. The van der Waals surface area contributed by atoms with Crippen molar-refractivity contribution in [1.82, 2.24) is 9.97 Å². The van der Waals surface area contributed by atoms with Crippen molar-refractivity contribution in [1.29, 1.82) is 0 Å². The van der Waals surface area contributed by atoms with E-state index in [2.05, 4.69) is 9.97 Å². The van der Waals surface area contributed by atoms with Crippen LogP contribution in [0.25, 0.3) is 10.2 Å². The zero-order valence-corrected chi connectivity index (χ0v) is 12.2. The van der Waals surface area contributed by atoms with E-state index in [-0.39, 0.29) is 11.0 Å². The number of rotatable bonds is 3. The SMILES string of the molecule is O=[N+]([O-])c1ccccc1Sc1nc(Cl)nc2sccc12. The monoisotopic (exact) mass is 323 g/mol. The molecule has 2 heterocycles. The predicted molar refractivity (Wildman–Crippen MR) is 79.6 cm³/mol. The summed E-state index contributed by atoms with van der Waals surface area (Å²) in [5.41, 5.74) is 0.0515. The Kier molecular flexibility index (Phi) is 3.56. The smallest absolute Gasteiger partial charge is 0.258 e. The van der Waals surface area contributed by atoms with E-state index in [1.807, 2.05) is 11.4 Å². The molecule has 20 heavy (non-hydrogen) atoms. The Morgan fingerprint density at radius 2 is 2.05 bits per heavy atom. The number of aromatic nitrogens is 2. The van der Waals surface area contributed by atoms with Crippen LogP contribution in [0.2, 0.25) is 5.28 Å². The first kappa shape index (κ1) is 13.3. The molecule has 3 rings (SSSR count). The molecule has 0 N–H and O–H groups in total. The molecule has 1 aromatic carbocycles. The van der Waals surface area contributed by atoms with Crippen molar-refractivity contribution in [3.63, 3.8) is 0 Å². The van der Waals surface area contributed by atoms with Gasteiger partial charge in [0.2, 0.25) is 5.28 Å². The molecule has 0 saturated heterocycles. The number of hydrogen-bond acceptors (Lipinski definition) is 6. The predicted octanol–water partition coefficient (Wildman–Crippen LogP) is 4.40. The fourth-order valence-electron chi connectivity index (χ4n) is 1.68. The van der Waals surface area contributed by atoms with Crippen molar-refractivity contribution < 1.29 is 4.92 Å². The van der Waals surface area contributed by atoms with Gasteiger partial charge >= 0.3 is 0 Å². The second-order valence-electron chi connectivity index (χ2n) is 3.76. The van der Waals surface area contributed by atoms with Crippen molar-refractivity contribution >= 4 is 50.6 Å². The minimum absolute atomic E-state index is 0.0515. The summed E-state index contributed by atoms with van der Waals surface area (Å²) in [5.74, 6) is 0. The number of hydrogen-bond donors (Lipinski definition) is 0. The van der Waals surface area contributed by atoms with Crippen LogP contribution in [-0.4, -0.2) is 14.9 Å². The molecule has 0 atom stereocenters. The van der Waals surface area contributed by atoms with Gasteiger partial charge in [-0.25, -0.2) is 9.97 Å². The number of thiophene rings is 1. The summed E-state index contributed by atoms with van der Waals surface area (Å²) in [4.78, 5) is 20.2. The summed E-state index contributed by atoms with van der Waals surface area (Å²) in [6.07, 6.45) is 0. The van der Waals surface area contributed by atoms with E-state index in [1.165, 1.54) is 29.2 Å². The Labute approximate surface area is 126 Å². The highest BCUT2D eigenvalue weighted by atomic mass is 35.5. The maximum atomic E-state index is 11.0. The van der Waals surface area contributed by atoms with Crippen LogP contribution in [0.5, 0.6) is 0 Å². The maximum Gasteiger partial charge on any atom is 0.283 e. The van der Waals surface area contributed by atoms with E-state index < -0.39 is 4.92 Å². The standard InChI is InChI=1S/C12H6ClN3O2S2/c13-12-14-10-7(5-6-19-10)11(15-12)20-9-4-2-1-3-8(9)16(17)18/h1-6H. The van der Waals surface area contributed by atoms with Crippen molar-refractivity contribution in [2.24, 2.45) is 0 Å². The lowest BCUT2D eigenvalue weighted by Gasteiger charge is -2.03. The first-order chi connectivity index (χ1) is 9.65. The van der Waals surface area contributed by atoms with Crippen LogP contribution in [0.4, 0.5) is 5.69 Å². The van der Waals surface area contributed by atoms with Gasteiger partial charge in [-0.3, -0.25) is 10.1 Å². The molecule has 0 radical (unpaired) electrons. The number of nitro benzene ring substituents is 1. The molecule has 100 valence electrons. The molecule has 8 heteroatoms. The molecular formula is C12H6ClN3O2S2. The lowest BCUT2D eigenvalue weighted by molar-refractivity contribution is -0.387. The van der Waals surface area contributed by atoms with Crippen LogP contribution < -0.4 is 0 Å². The summed E-state index contributed by atoms with van der Waals surface area (Å²) in [7, 11) is 0. The molecule has 0 spiro atoms. The van der Waals surface area contributed by atoms with E-state index >= 15 is 0 Å². The van der Waals surface area contributed by atoms with Crippen LogP contribution in [-0.2, 0) is 0 Å². The Morgan fingerprint density at radius 1 is 1.25 bits per heavy atom. The van der Waals surface area contributed by atoms with Crippen molar-refractivity contribution in [3.8, 4) is 0 Å². The number of nitro groups is 1. The number of fused-ring (bicyclic) bond motifs is 1. The summed E-state index contributed by atoms with van der Waals surface area (Å²) in [6, 6.07) is 8.43. The average Bonchev–Trinajstić information content (AvgIpc) is 2.87. The summed E-state index contributed by atoms with van der Waals surface area (Å²) < 4.78 is 0. The van der Waals surface area contributed by atoms with Crippen LogP contribution in [0.1, 0.15) is 0 Å². The molecule has 0 aliphatic heterocycles.